The Hall–Kier alpha value is -1.82. The van der Waals surface area contributed by atoms with E-state index >= 15 is 0 Å². The maximum atomic E-state index is 11.8. The second-order valence-electron chi connectivity index (χ2n) is 4.92. The number of hydrogen-bond acceptors (Lipinski definition) is 4. The fourth-order valence-corrected chi connectivity index (χ4v) is 3.15. The summed E-state index contributed by atoms with van der Waals surface area (Å²) >= 11 is 1.38. The van der Waals surface area contributed by atoms with Crippen LogP contribution >= 0.6 is 11.8 Å². The van der Waals surface area contributed by atoms with Gasteiger partial charge in [0.2, 0.25) is 17.7 Å². The van der Waals surface area contributed by atoms with E-state index in [9.17, 15) is 14.4 Å². The molecule has 0 bridgehead atoms. The molecule has 112 valence electrons. The molecule has 3 amide bonds. The van der Waals surface area contributed by atoms with Crippen molar-refractivity contribution in [3.8, 4) is 0 Å². The van der Waals surface area contributed by atoms with Gasteiger partial charge in [-0.3, -0.25) is 19.3 Å². The summed E-state index contributed by atoms with van der Waals surface area (Å²) in [7, 11) is 1.51. The molecule has 1 aliphatic heterocycles. The SMILES string of the molecule is CCCC(=O)Nc1ccc(SC2CC(=O)N(C)C2=O)cc1. The van der Waals surface area contributed by atoms with Gasteiger partial charge in [-0.2, -0.15) is 0 Å². The highest BCUT2D eigenvalue weighted by Gasteiger charge is 2.36. The van der Waals surface area contributed by atoms with Crippen molar-refractivity contribution in [3.63, 3.8) is 0 Å². The van der Waals surface area contributed by atoms with E-state index in [0.29, 0.717) is 6.42 Å². The maximum absolute atomic E-state index is 11.8. The number of likely N-dealkylation sites (tertiary alicyclic amines) is 1. The van der Waals surface area contributed by atoms with E-state index in [1.54, 1.807) is 12.1 Å². The Morgan fingerprint density at radius 3 is 2.52 bits per heavy atom. The lowest BCUT2D eigenvalue weighted by molar-refractivity contribution is -0.136. The van der Waals surface area contributed by atoms with Gasteiger partial charge in [0.1, 0.15) is 0 Å². The lowest BCUT2D eigenvalue weighted by Gasteiger charge is -2.09. The van der Waals surface area contributed by atoms with E-state index < -0.39 is 0 Å². The van der Waals surface area contributed by atoms with Gasteiger partial charge in [0, 0.05) is 30.5 Å². The Labute approximate surface area is 128 Å². The molecule has 1 saturated heterocycles. The second kappa shape index (κ2) is 6.76. The summed E-state index contributed by atoms with van der Waals surface area (Å²) in [5.74, 6) is -0.289. The predicted molar refractivity (Wildman–Crippen MR) is 82.0 cm³/mol. The molecule has 0 aliphatic carbocycles. The highest BCUT2D eigenvalue weighted by molar-refractivity contribution is 8.00. The van der Waals surface area contributed by atoms with Crippen LogP contribution in [0.3, 0.4) is 0 Å². The fourth-order valence-electron chi connectivity index (χ4n) is 2.05. The van der Waals surface area contributed by atoms with E-state index in [4.69, 9.17) is 0 Å². The number of imide groups is 1. The molecule has 1 heterocycles. The van der Waals surface area contributed by atoms with Crippen molar-refractivity contribution in [3.05, 3.63) is 24.3 Å². The zero-order valence-corrected chi connectivity index (χ0v) is 12.9. The first-order chi connectivity index (χ1) is 10.0. The zero-order chi connectivity index (χ0) is 15.4. The lowest BCUT2D eigenvalue weighted by Crippen LogP contribution is -2.26. The number of benzene rings is 1. The normalized spacial score (nSPS) is 18.2. The van der Waals surface area contributed by atoms with Crippen molar-refractivity contribution in [2.45, 2.75) is 36.3 Å². The number of rotatable bonds is 5. The molecule has 2 rings (SSSR count). The van der Waals surface area contributed by atoms with Crippen LogP contribution in [0.2, 0.25) is 0 Å². The summed E-state index contributed by atoms with van der Waals surface area (Å²) in [5.41, 5.74) is 0.740. The first kappa shape index (κ1) is 15.6. The molecule has 1 N–H and O–H groups in total. The molecule has 21 heavy (non-hydrogen) atoms. The van der Waals surface area contributed by atoms with Gasteiger partial charge in [0.15, 0.2) is 0 Å². The Kier molecular flexibility index (Phi) is 5.01. The zero-order valence-electron chi connectivity index (χ0n) is 12.1. The van der Waals surface area contributed by atoms with Gasteiger partial charge in [-0.15, -0.1) is 11.8 Å². The van der Waals surface area contributed by atoms with E-state index in [0.717, 1.165) is 17.0 Å². The van der Waals surface area contributed by atoms with Gasteiger partial charge in [0.25, 0.3) is 0 Å². The summed E-state index contributed by atoms with van der Waals surface area (Å²) in [4.78, 5) is 36.9. The van der Waals surface area contributed by atoms with Crippen LogP contribution in [0.5, 0.6) is 0 Å². The molecule has 0 spiro atoms. The summed E-state index contributed by atoms with van der Waals surface area (Å²) < 4.78 is 0. The van der Waals surface area contributed by atoms with Gasteiger partial charge in [0.05, 0.1) is 5.25 Å². The highest BCUT2D eigenvalue weighted by atomic mass is 32.2. The third-order valence-corrected chi connectivity index (χ3v) is 4.43. The fraction of sp³-hybridized carbons (Fsp3) is 0.400. The van der Waals surface area contributed by atoms with Crippen molar-refractivity contribution in [2.75, 3.05) is 12.4 Å². The molecule has 5 nitrogen and oxygen atoms in total. The topological polar surface area (TPSA) is 66.5 Å². The standard InChI is InChI=1S/C15H18N2O3S/c1-3-4-13(18)16-10-5-7-11(8-6-10)21-12-9-14(19)17(2)15(12)20/h5-8,12H,3-4,9H2,1-2H3,(H,16,18). The third-order valence-electron chi connectivity index (χ3n) is 3.23. The number of anilines is 1. The summed E-state index contributed by atoms with van der Waals surface area (Å²) in [6, 6.07) is 7.31. The minimum atomic E-state index is -0.344. The van der Waals surface area contributed by atoms with Gasteiger partial charge in [-0.1, -0.05) is 6.92 Å². The van der Waals surface area contributed by atoms with Crippen molar-refractivity contribution in [1.82, 2.24) is 4.90 Å². The number of nitrogens with one attached hydrogen (secondary N) is 1. The van der Waals surface area contributed by atoms with E-state index in [1.165, 1.54) is 23.7 Å². The van der Waals surface area contributed by atoms with Crippen LogP contribution in [-0.2, 0) is 14.4 Å². The van der Waals surface area contributed by atoms with E-state index in [-0.39, 0.29) is 29.4 Å². The minimum absolute atomic E-state index is 0.00362. The van der Waals surface area contributed by atoms with Crippen LogP contribution in [-0.4, -0.2) is 34.9 Å². The summed E-state index contributed by atoms with van der Waals surface area (Å²) in [6.45, 7) is 1.95. The quantitative estimate of drug-likeness (QED) is 0.848. The van der Waals surface area contributed by atoms with Crippen LogP contribution in [0, 0.1) is 0 Å². The molecule has 6 heteroatoms. The largest absolute Gasteiger partial charge is 0.326 e. The van der Waals surface area contributed by atoms with Crippen molar-refractivity contribution in [1.29, 1.82) is 0 Å². The van der Waals surface area contributed by atoms with Crippen LogP contribution in [0.4, 0.5) is 5.69 Å². The van der Waals surface area contributed by atoms with Crippen molar-refractivity contribution < 1.29 is 14.4 Å². The van der Waals surface area contributed by atoms with Crippen LogP contribution < -0.4 is 5.32 Å². The number of amides is 3. The Bertz CT molecular complexity index is 557. The van der Waals surface area contributed by atoms with Crippen molar-refractivity contribution in [2.24, 2.45) is 0 Å². The lowest BCUT2D eigenvalue weighted by atomic mass is 10.3. The van der Waals surface area contributed by atoms with Gasteiger partial charge in [-0.25, -0.2) is 0 Å². The Balaban J connectivity index is 1.95. The molecule has 0 radical (unpaired) electrons. The number of carbonyl (C=O) groups is 3. The van der Waals surface area contributed by atoms with Gasteiger partial charge < -0.3 is 5.32 Å². The molecular weight excluding hydrogens is 288 g/mol. The third kappa shape index (κ3) is 3.85. The van der Waals surface area contributed by atoms with Crippen LogP contribution in [0.15, 0.2) is 29.2 Å². The monoisotopic (exact) mass is 306 g/mol. The number of carbonyl (C=O) groups excluding carboxylic acids is 3. The number of hydrogen-bond donors (Lipinski definition) is 1. The highest BCUT2D eigenvalue weighted by Crippen LogP contribution is 2.31. The van der Waals surface area contributed by atoms with Crippen LogP contribution in [0.1, 0.15) is 26.2 Å². The average molecular weight is 306 g/mol. The van der Waals surface area contributed by atoms with E-state index in [2.05, 4.69) is 5.32 Å². The number of nitrogens with zero attached hydrogens (tertiary/aromatic N) is 1. The van der Waals surface area contributed by atoms with Gasteiger partial charge >= 0.3 is 0 Å². The first-order valence-electron chi connectivity index (χ1n) is 6.88. The summed E-state index contributed by atoms with van der Waals surface area (Å²) in [5, 5.41) is 2.46. The molecule has 1 atom stereocenters. The maximum Gasteiger partial charge on any atom is 0.242 e. The smallest absolute Gasteiger partial charge is 0.242 e. The van der Waals surface area contributed by atoms with E-state index in [1.807, 2.05) is 19.1 Å². The predicted octanol–water partition coefficient (Wildman–Crippen LogP) is 2.27. The Morgan fingerprint density at radius 2 is 2.00 bits per heavy atom. The number of thioether (sulfide) groups is 1. The molecule has 1 fully saturated rings. The summed E-state index contributed by atoms with van der Waals surface area (Å²) in [6.07, 6.45) is 1.56. The molecule has 0 saturated carbocycles. The molecule has 1 aromatic carbocycles. The average Bonchev–Trinajstić information content (AvgIpc) is 2.69. The molecule has 0 aromatic heterocycles. The van der Waals surface area contributed by atoms with Gasteiger partial charge in [-0.05, 0) is 30.7 Å². The first-order valence-corrected chi connectivity index (χ1v) is 7.76. The molecular formula is C15H18N2O3S. The van der Waals surface area contributed by atoms with Crippen LogP contribution in [0.25, 0.3) is 0 Å². The van der Waals surface area contributed by atoms with Crippen molar-refractivity contribution >= 4 is 35.2 Å². The Morgan fingerprint density at radius 1 is 1.33 bits per heavy atom. The second-order valence-corrected chi connectivity index (χ2v) is 6.20. The molecule has 1 unspecified atom stereocenters. The molecule has 1 aromatic rings. The molecule has 1 aliphatic rings. The minimum Gasteiger partial charge on any atom is -0.326 e.